The van der Waals surface area contributed by atoms with Gasteiger partial charge in [0.2, 0.25) is 0 Å². The third-order valence-electron chi connectivity index (χ3n) is 9.14. The summed E-state index contributed by atoms with van der Waals surface area (Å²) in [6.07, 6.45) is 5.02. The first-order valence-electron chi connectivity index (χ1n) is 13.4. The van der Waals surface area contributed by atoms with Crippen LogP contribution in [0.4, 0.5) is 15.2 Å². The van der Waals surface area contributed by atoms with Gasteiger partial charge in [0.1, 0.15) is 35.7 Å². The fourth-order valence-electron chi connectivity index (χ4n) is 7.43. The number of nitrogens with two attached hydrogens (primary N) is 1. The molecule has 3 fully saturated rings. The van der Waals surface area contributed by atoms with Crippen LogP contribution in [0.1, 0.15) is 47.3 Å². The minimum absolute atomic E-state index is 0.105. The summed E-state index contributed by atoms with van der Waals surface area (Å²) in [6.45, 7) is 3.08. The number of hydrogen-bond donors (Lipinski definition) is 2. The number of anilines is 2. The number of hydrogen-bond acceptors (Lipinski definition) is 10. The zero-order valence-electron chi connectivity index (χ0n) is 21.5. The van der Waals surface area contributed by atoms with Crippen molar-refractivity contribution in [2.24, 2.45) is 0 Å². The topological polar surface area (TPSA) is 140 Å². The fraction of sp³-hybridized carbons (Fsp3) is 0.556. The SMILES string of the molecule is N#Cc1c(N)sc2c1C1(CC2)CN(c2nc(OC[C@@]34CCCN3C[C@H](F)C4)nc3c2c(C#N)cn3CCO)C1. The standard InChI is InChI=1S/C27H29FN8O2S/c28-17-8-27(3-1-5-36(27)12-17)15-38-25-32-23-20(16(9-29)11-34(23)6-7-37)24(33-25)35-13-26(14-35)4-2-19-21(26)18(10-30)22(31)39-19/h11,17,37H,1-8,12-15,31H2/t17-,27+/m1/s1. The molecule has 12 heteroatoms. The van der Waals surface area contributed by atoms with Crippen LogP contribution >= 0.6 is 11.3 Å². The molecule has 2 atom stereocenters. The highest BCUT2D eigenvalue weighted by molar-refractivity contribution is 7.16. The van der Waals surface area contributed by atoms with Crippen molar-refractivity contribution in [3.05, 3.63) is 27.8 Å². The molecule has 1 spiro atoms. The number of nitrogens with zero attached hydrogens (tertiary/aromatic N) is 7. The monoisotopic (exact) mass is 548 g/mol. The second-order valence-corrected chi connectivity index (χ2v) is 12.5. The van der Waals surface area contributed by atoms with Crippen molar-refractivity contribution >= 4 is 33.2 Å². The molecule has 0 saturated carbocycles. The summed E-state index contributed by atoms with van der Waals surface area (Å²) in [5.41, 5.74) is 8.29. The summed E-state index contributed by atoms with van der Waals surface area (Å²) in [5, 5.41) is 30.6. The Kier molecular flexibility index (Phi) is 5.53. The maximum atomic E-state index is 14.3. The number of aliphatic hydroxyl groups is 1. The summed E-state index contributed by atoms with van der Waals surface area (Å²) in [7, 11) is 0. The van der Waals surface area contributed by atoms with Gasteiger partial charge in [-0.05, 0) is 37.8 Å². The average Bonchev–Trinajstić information content (AvgIpc) is 3.67. The number of nitriles is 2. The van der Waals surface area contributed by atoms with E-state index in [2.05, 4.69) is 26.9 Å². The van der Waals surface area contributed by atoms with Gasteiger partial charge < -0.3 is 25.0 Å². The van der Waals surface area contributed by atoms with Crippen LogP contribution in [0.25, 0.3) is 11.0 Å². The first kappa shape index (κ1) is 24.6. The number of rotatable bonds is 6. The smallest absolute Gasteiger partial charge is 0.320 e. The minimum Gasteiger partial charge on any atom is -0.461 e. The van der Waals surface area contributed by atoms with Crippen LogP contribution in [0.2, 0.25) is 0 Å². The van der Waals surface area contributed by atoms with Crippen molar-refractivity contribution in [2.45, 2.75) is 55.8 Å². The van der Waals surface area contributed by atoms with Gasteiger partial charge in [0, 0.05) is 49.1 Å². The molecule has 202 valence electrons. The summed E-state index contributed by atoms with van der Waals surface area (Å²) in [6, 6.07) is 4.77. The summed E-state index contributed by atoms with van der Waals surface area (Å²) < 4.78 is 22.3. The largest absolute Gasteiger partial charge is 0.461 e. The number of nitrogen functional groups attached to an aromatic ring is 1. The zero-order valence-corrected chi connectivity index (χ0v) is 22.3. The number of aliphatic hydroxyl groups excluding tert-OH is 1. The molecule has 10 nitrogen and oxygen atoms in total. The Labute approximate surface area is 229 Å². The number of aromatic nitrogens is 3. The number of fused-ring (bicyclic) bond motifs is 4. The van der Waals surface area contributed by atoms with Crippen LogP contribution in [-0.2, 0) is 18.4 Å². The second kappa shape index (κ2) is 8.78. The molecule has 39 heavy (non-hydrogen) atoms. The molecule has 6 heterocycles. The van der Waals surface area contributed by atoms with E-state index in [1.165, 1.54) is 16.2 Å². The van der Waals surface area contributed by atoms with Gasteiger partial charge in [0.25, 0.3) is 0 Å². The normalized spacial score (nSPS) is 25.0. The third-order valence-corrected chi connectivity index (χ3v) is 10.2. The highest BCUT2D eigenvalue weighted by atomic mass is 32.1. The summed E-state index contributed by atoms with van der Waals surface area (Å²) in [5.74, 6) is 0.611. The van der Waals surface area contributed by atoms with E-state index in [-0.39, 0.29) is 30.1 Å². The molecule has 3 N–H and O–H groups in total. The molecule has 4 aliphatic rings. The van der Waals surface area contributed by atoms with E-state index in [1.54, 1.807) is 10.8 Å². The highest BCUT2D eigenvalue weighted by Crippen LogP contribution is 2.53. The van der Waals surface area contributed by atoms with Gasteiger partial charge in [-0.1, -0.05) is 0 Å². The van der Waals surface area contributed by atoms with Crippen molar-refractivity contribution in [1.29, 1.82) is 10.5 Å². The first-order chi connectivity index (χ1) is 18.9. The van der Waals surface area contributed by atoms with Gasteiger partial charge in [-0.3, -0.25) is 4.90 Å². The molecule has 0 aromatic carbocycles. The summed E-state index contributed by atoms with van der Waals surface area (Å²) >= 11 is 1.51. The van der Waals surface area contributed by atoms with Crippen LogP contribution in [0.3, 0.4) is 0 Å². The fourth-order valence-corrected chi connectivity index (χ4v) is 8.57. The van der Waals surface area contributed by atoms with Gasteiger partial charge in [0.15, 0.2) is 5.65 Å². The quantitative estimate of drug-likeness (QED) is 0.475. The number of alkyl halides is 1. The lowest BCUT2D eigenvalue weighted by Gasteiger charge is -2.49. The molecule has 0 unspecified atom stereocenters. The van der Waals surface area contributed by atoms with E-state index in [9.17, 15) is 20.0 Å². The lowest BCUT2D eigenvalue weighted by molar-refractivity contribution is 0.107. The number of thiophene rings is 1. The van der Waals surface area contributed by atoms with Crippen molar-refractivity contribution in [2.75, 3.05) is 50.0 Å². The van der Waals surface area contributed by atoms with Crippen molar-refractivity contribution in [3.63, 3.8) is 0 Å². The summed E-state index contributed by atoms with van der Waals surface area (Å²) in [4.78, 5) is 15.0. The van der Waals surface area contributed by atoms with Gasteiger partial charge >= 0.3 is 6.01 Å². The molecule has 3 saturated heterocycles. The molecule has 3 aromatic rings. The van der Waals surface area contributed by atoms with E-state index in [0.29, 0.717) is 65.6 Å². The van der Waals surface area contributed by atoms with Gasteiger partial charge in [0.05, 0.1) is 28.7 Å². The second-order valence-electron chi connectivity index (χ2n) is 11.4. The van der Waals surface area contributed by atoms with Gasteiger partial charge in [-0.2, -0.15) is 20.5 Å². The van der Waals surface area contributed by atoms with Crippen LogP contribution in [-0.4, -0.2) is 75.6 Å². The molecular weight excluding hydrogens is 519 g/mol. The molecular formula is C27H29FN8O2S. The molecule has 0 radical (unpaired) electrons. The molecule has 7 rings (SSSR count). The number of ether oxygens (including phenoxy) is 1. The zero-order chi connectivity index (χ0) is 26.9. The van der Waals surface area contributed by atoms with E-state index in [0.717, 1.165) is 37.8 Å². The Morgan fingerprint density at radius 2 is 2.10 bits per heavy atom. The molecule has 0 bridgehead atoms. The van der Waals surface area contributed by atoms with Crippen molar-refractivity contribution < 1.29 is 14.2 Å². The predicted octanol–water partition coefficient (Wildman–Crippen LogP) is 2.47. The van der Waals surface area contributed by atoms with Crippen LogP contribution in [0, 0.1) is 22.7 Å². The van der Waals surface area contributed by atoms with E-state index < -0.39 is 6.17 Å². The maximum absolute atomic E-state index is 14.3. The Morgan fingerprint density at radius 1 is 1.26 bits per heavy atom. The molecule has 1 aliphatic carbocycles. The Balaban J connectivity index is 1.25. The number of aryl methyl sites for hydroxylation is 1. The van der Waals surface area contributed by atoms with Gasteiger partial charge in [-0.25, -0.2) is 4.39 Å². The lowest BCUT2D eigenvalue weighted by Crippen LogP contribution is -2.59. The van der Waals surface area contributed by atoms with E-state index in [4.69, 9.17) is 15.5 Å². The van der Waals surface area contributed by atoms with Gasteiger partial charge in [-0.15, -0.1) is 11.3 Å². The molecule has 0 amide bonds. The molecule has 3 aromatic heterocycles. The Bertz CT molecular complexity index is 1560. The Hall–Kier alpha value is -3.45. The molecule has 3 aliphatic heterocycles. The minimum atomic E-state index is -0.856. The number of halogens is 1. The van der Waals surface area contributed by atoms with Crippen LogP contribution in [0.15, 0.2) is 6.20 Å². The first-order valence-corrected chi connectivity index (χ1v) is 14.2. The van der Waals surface area contributed by atoms with Crippen molar-refractivity contribution in [1.82, 2.24) is 19.4 Å². The van der Waals surface area contributed by atoms with Crippen LogP contribution in [0.5, 0.6) is 6.01 Å². The Morgan fingerprint density at radius 3 is 2.87 bits per heavy atom. The average molecular weight is 549 g/mol. The van der Waals surface area contributed by atoms with E-state index >= 15 is 0 Å². The van der Waals surface area contributed by atoms with E-state index in [1.807, 2.05) is 0 Å². The predicted molar refractivity (Wildman–Crippen MR) is 144 cm³/mol. The van der Waals surface area contributed by atoms with Crippen molar-refractivity contribution in [3.8, 4) is 18.1 Å². The maximum Gasteiger partial charge on any atom is 0.320 e. The van der Waals surface area contributed by atoms with Crippen LogP contribution < -0.4 is 15.4 Å². The third kappa shape index (κ3) is 3.55. The lowest BCUT2D eigenvalue weighted by atomic mass is 9.74. The highest BCUT2D eigenvalue weighted by Gasteiger charge is 2.52.